The van der Waals surface area contributed by atoms with Crippen LogP contribution >= 0.6 is 0 Å². The molecule has 0 aromatic rings. The summed E-state index contributed by atoms with van der Waals surface area (Å²) in [5, 5.41) is 0. The Morgan fingerprint density at radius 2 is 2.38 bits per heavy atom. The molecule has 0 saturated carbocycles. The minimum absolute atomic E-state index is 0.808. The first-order valence-electron chi connectivity index (χ1n) is 2.44. The number of hydrogen-bond acceptors (Lipinski definition) is 2. The average molecular weight is 113 g/mol. The van der Waals surface area contributed by atoms with Crippen LogP contribution in [0.2, 0.25) is 0 Å². The van der Waals surface area contributed by atoms with Crippen molar-refractivity contribution in [3.8, 4) is 0 Å². The van der Waals surface area contributed by atoms with Crippen molar-refractivity contribution in [1.29, 1.82) is 0 Å². The van der Waals surface area contributed by atoms with E-state index in [4.69, 9.17) is 4.84 Å². The number of nitrogens with one attached hydrogen (secondary N) is 1. The highest BCUT2D eigenvalue weighted by atomic mass is 16.6. The van der Waals surface area contributed by atoms with Crippen LogP contribution < -0.4 is 5.48 Å². The van der Waals surface area contributed by atoms with E-state index in [0.29, 0.717) is 0 Å². The van der Waals surface area contributed by atoms with Gasteiger partial charge in [-0.3, -0.25) is 0 Å². The van der Waals surface area contributed by atoms with Gasteiger partial charge in [0.15, 0.2) is 0 Å². The largest absolute Gasteiger partial charge is 0.414 e. The van der Waals surface area contributed by atoms with Crippen LogP contribution in [0.3, 0.4) is 0 Å². The van der Waals surface area contributed by atoms with Crippen LogP contribution in [0.25, 0.3) is 0 Å². The maximum absolute atomic E-state index is 4.82. The van der Waals surface area contributed by atoms with Crippen molar-refractivity contribution in [3.05, 3.63) is 24.5 Å². The quantitative estimate of drug-likeness (QED) is 0.337. The Morgan fingerprint density at radius 3 is 2.75 bits per heavy atom. The molecule has 1 N–H and O–H groups in total. The van der Waals surface area contributed by atoms with Crippen LogP contribution in [0.5, 0.6) is 0 Å². The van der Waals surface area contributed by atoms with Crippen LogP contribution in [-0.4, -0.2) is 7.05 Å². The fourth-order valence-corrected chi connectivity index (χ4v) is 0.361. The Labute approximate surface area is 49.8 Å². The zero-order chi connectivity index (χ0) is 6.41. The Balaban J connectivity index is 3.44. The first-order chi connectivity index (χ1) is 3.81. The third kappa shape index (κ3) is 3.43. The Hall–Kier alpha value is -0.760. The van der Waals surface area contributed by atoms with Crippen molar-refractivity contribution in [3.63, 3.8) is 0 Å². The molecule has 0 aliphatic carbocycles. The van der Waals surface area contributed by atoms with Crippen molar-refractivity contribution in [1.82, 2.24) is 5.48 Å². The van der Waals surface area contributed by atoms with E-state index >= 15 is 0 Å². The van der Waals surface area contributed by atoms with Gasteiger partial charge >= 0.3 is 0 Å². The Morgan fingerprint density at radius 1 is 1.75 bits per heavy atom. The van der Waals surface area contributed by atoms with Crippen LogP contribution in [0.4, 0.5) is 0 Å². The number of hydroxylamine groups is 1. The molecular weight excluding hydrogens is 102 g/mol. The first kappa shape index (κ1) is 7.24. The normalized spacial score (nSPS) is 11.0. The smallest absolute Gasteiger partial charge is 0.121 e. The van der Waals surface area contributed by atoms with Crippen LogP contribution in [0.15, 0.2) is 24.5 Å². The minimum Gasteiger partial charge on any atom is -0.414 e. The van der Waals surface area contributed by atoms with Gasteiger partial charge in [0.05, 0.1) is 0 Å². The summed E-state index contributed by atoms with van der Waals surface area (Å²) in [5.74, 6) is 0.808. The zero-order valence-electron chi connectivity index (χ0n) is 5.27. The molecular formula is C6H11NO. The lowest BCUT2D eigenvalue weighted by molar-refractivity contribution is 0.128. The molecule has 0 amide bonds. The van der Waals surface area contributed by atoms with Gasteiger partial charge in [0.25, 0.3) is 0 Å². The van der Waals surface area contributed by atoms with Gasteiger partial charge in [0, 0.05) is 7.05 Å². The van der Waals surface area contributed by atoms with Crippen molar-refractivity contribution in [2.24, 2.45) is 0 Å². The molecule has 2 nitrogen and oxygen atoms in total. The molecule has 0 atom stereocenters. The second-order valence-corrected chi connectivity index (χ2v) is 1.32. The van der Waals surface area contributed by atoms with E-state index in [1.165, 1.54) is 0 Å². The van der Waals surface area contributed by atoms with Gasteiger partial charge in [-0.05, 0) is 13.0 Å². The van der Waals surface area contributed by atoms with E-state index in [1.54, 1.807) is 19.2 Å². The molecule has 0 aliphatic rings. The lowest BCUT2D eigenvalue weighted by Gasteiger charge is -1.98. The SMILES string of the molecule is C=C/C=C(/C)ONC. The van der Waals surface area contributed by atoms with E-state index in [1.807, 2.05) is 6.92 Å². The molecule has 0 saturated heterocycles. The molecule has 0 unspecified atom stereocenters. The van der Waals surface area contributed by atoms with Gasteiger partial charge < -0.3 is 4.84 Å². The predicted octanol–water partition coefficient (Wildman–Crippen LogP) is 1.23. The van der Waals surface area contributed by atoms with E-state index in [9.17, 15) is 0 Å². The molecule has 0 spiro atoms. The van der Waals surface area contributed by atoms with Crippen molar-refractivity contribution >= 4 is 0 Å². The summed E-state index contributed by atoms with van der Waals surface area (Å²) >= 11 is 0. The second-order valence-electron chi connectivity index (χ2n) is 1.32. The summed E-state index contributed by atoms with van der Waals surface area (Å²) in [6, 6.07) is 0. The molecule has 0 aromatic heterocycles. The van der Waals surface area contributed by atoms with Gasteiger partial charge in [-0.25, -0.2) is 0 Å². The minimum atomic E-state index is 0.808. The highest BCUT2D eigenvalue weighted by Crippen LogP contribution is 1.89. The molecule has 0 aliphatic heterocycles. The number of rotatable bonds is 3. The summed E-state index contributed by atoms with van der Waals surface area (Å²) in [6.07, 6.45) is 3.45. The molecule has 46 valence electrons. The highest BCUT2D eigenvalue weighted by molar-refractivity contribution is 5.00. The van der Waals surface area contributed by atoms with Crippen LogP contribution in [-0.2, 0) is 4.84 Å². The molecule has 0 fully saturated rings. The molecule has 0 radical (unpaired) electrons. The maximum atomic E-state index is 4.82. The lowest BCUT2D eigenvalue weighted by Crippen LogP contribution is -2.04. The molecule has 2 heteroatoms. The summed E-state index contributed by atoms with van der Waals surface area (Å²) in [5.41, 5.74) is 2.54. The summed E-state index contributed by atoms with van der Waals surface area (Å²) in [6.45, 7) is 5.34. The van der Waals surface area contributed by atoms with Gasteiger partial charge in [0.1, 0.15) is 5.76 Å². The van der Waals surface area contributed by atoms with Gasteiger partial charge in [-0.1, -0.05) is 12.7 Å². The fourth-order valence-electron chi connectivity index (χ4n) is 0.361. The molecule has 0 rings (SSSR count). The molecule has 0 aromatic carbocycles. The van der Waals surface area contributed by atoms with Crippen molar-refractivity contribution < 1.29 is 4.84 Å². The summed E-state index contributed by atoms with van der Waals surface area (Å²) < 4.78 is 0. The monoisotopic (exact) mass is 113 g/mol. The summed E-state index contributed by atoms with van der Waals surface area (Å²) in [7, 11) is 1.71. The van der Waals surface area contributed by atoms with Gasteiger partial charge in [0.2, 0.25) is 0 Å². The first-order valence-corrected chi connectivity index (χ1v) is 2.44. The van der Waals surface area contributed by atoms with E-state index in [-0.39, 0.29) is 0 Å². The summed E-state index contributed by atoms with van der Waals surface area (Å²) in [4.78, 5) is 4.82. The lowest BCUT2D eigenvalue weighted by atomic mass is 10.5. The standard InChI is InChI=1S/C6H11NO/c1-4-5-6(2)8-7-3/h4-5,7H,1H2,2-3H3/b6-5-. The van der Waals surface area contributed by atoms with Crippen LogP contribution in [0.1, 0.15) is 6.92 Å². The van der Waals surface area contributed by atoms with Crippen LogP contribution in [0, 0.1) is 0 Å². The van der Waals surface area contributed by atoms with Crippen molar-refractivity contribution in [2.75, 3.05) is 7.05 Å². The Kier molecular flexibility index (Phi) is 3.98. The van der Waals surface area contributed by atoms with Gasteiger partial charge in [-0.15, -0.1) is 0 Å². The van der Waals surface area contributed by atoms with E-state index in [2.05, 4.69) is 12.1 Å². The highest BCUT2D eigenvalue weighted by Gasteiger charge is 1.79. The number of hydrogen-bond donors (Lipinski definition) is 1. The van der Waals surface area contributed by atoms with Gasteiger partial charge in [-0.2, -0.15) is 5.48 Å². The Bertz CT molecular complexity index is 96.7. The fraction of sp³-hybridized carbons (Fsp3) is 0.333. The third-order valence-corrected chi connectivity index (χ3v) is 0.616. The van der Waals surface area contributed by atoms with Crippen molar-refractivity contribution in [2.45, 2.75) is 6.92 Å². The topological polar surface area (TPSA) is 21.3 Å². The van der Waals surface area contributed by atoms with E-state index < -0.39 is 0 Å². The number of allylic oxidation sites excluding steroid dienone is 3. The molecule has 0 bridgehead atoms. The third-order valence-electron chi connectivity index (χ3n) is 0.616. The predicted molar refractivity (Wildman–Crippen MR) is 34.1 cm³/mol. The average Bonchev–Trinajstić information content (AvgIpc) is 1.68. The van der Waals surface area contributed by atoms with E-state index in [0.717, 1.165) is 5.76 Å². The molecule has 0 heterocycles. The zero-order valence-corrected chi connectivity index (χ0v) is 5.27. The second kappa shape index (κ2) is 4.40. The molecule has 8 heavy (non-hydrogen) atoms. The maximum Gasteiger partial charge on any atom is 0.121 e.